The number of carboxylic acids is 1. The van der Waals surface area contributed by atoms with Gasteiger partial charge in [0, 0.05) is 11.9 Å². The van der Waals surface area contributed by atoms with Crippen LogP contribution in [0.3, 0.4) is 0 Å². The van der Waals surface area contributed by atoms with Crippen LogP contribution in [0.15, 0.2) is 18.2 Å². The molecular weight excluding hydrogens is 204 g/mol. The summed E-state index contributed by atoms with van der Waals surface area (Å²) in [5, 5.41) is 11.0. The molecule has 0 radical (unpaired) electrons. The predicted molar refractivity (Wildman–Crippen MR) is 58.2 cm³/mol. The van der Waals surface area contributed by atoms with Gasteiger partial charge in [0.25, 0.3) is 0 Å². The SMILES string of the molecule is COc1ccc2c(c1)CC[C@@H](C(=O)[O-])[C@H]2C. The van der Waals surface area contributed by atoms with E-state index in [0.29, 0.717) is 6.42 Å². The van der Waals surface area contributed by atoms with Crippen molar-refractivity contribution < 1.29 is 14.6 Å². The van der Waals surface area contributed by atoms with Gasteiger partial charge in [0.15, 0.2) is 0 Å². The molecule has 0 heterocycles. The van der Waals surface area contributed by atoms with Crippen molar-refractivity contribution in [2.45, 2.75) is 25.7 Å². The Morgan fingerprint density at radius 3 is 2.88 bits per heavy atom. The maximum atomic E-state index is 11.0. The number of hydrogen-bond donors (Lipinski definition) is 0. The van der Waals surface area contributed by atoms with E-state index in [1.54, 1.807) is 7.11 Å². The Kier molecular flexibility index (Phi) is 2.86. The molecule has 0 aliphatic heterocycles. The van der Waals surface area contributed by atoms with Crippen molar-refractivity contribution in [3.05, 3.63) is 29.3 Å². The molecule has 1 aromatic carbocycles. The Labute approximate surface area is 95.0 Å². The summed E-state index contributed by atoms with van der Waals surface area (Å²) >= 11 is 0. The lowest BCUT2D eigenvalue weighted by Gasteiger charge is -2.32. The molecule has 1 aliphatic carbocycles. The molecular formula is C13H15O3-. The van der Waals surface area contributed by atoms with Gasteiger partial charge in [-0.1, -0.05) is 13.0 Å². The molecule has 0 N–H and O–H groups in total. The lowest BCUT2D eigenvalue weighted by molar-refractivity contribution is -0.312. The van der Waals surface area contributed by atoms with Crippen LogP contribution in [0, 0.1) is 5.92 Å². The summed E-state index contributed by atoms with van der Waals surface area (Å²) in [5.74, 6) is -0.438. The lowest BCUT2D eigenvalue weighted by atomic mass is 9.76. The van der Waals surface area contributed by atoms with Gasteiger partial charge in [-0.05, 0) is 42.0 Å². The van der Waals surface area contributed by atoms with E-state index in [0.717, 1.165) is 17.7 Å². The summed E-state index contributed by atoms with van der Waals surface area (Å²) in [7, 11) is 1.64. The molecule has 0 amide bonds. The molecule has 0 fully saturated rings. The van der Waals surface area contributed by atoms with Crippen LogP contribution in [0.1, 0.15) is 30.4 Å². The van der Waals surface area contributed by atoms with Gasteiger partial charge in [-0.15, -0.1) is 0 Å². The minimum Gasteiger partial charge on any atom is -0.550 e. The topological polar surface area (TPSA) is 49.4 Å². The van der Waals surface area contributed by atoms with E-state index in [9.17, 15) is 9.90 Å². The fraction of sp³-hybridized carbons (Fsp3) is 0.462. The van der Waals surface area contributed by atoms with Gasteiger partial charge in [0.2, 0.25) is 0 Å². The quantitative estimate of drug-likeness (QED) is 0.748. The molecule has 3 heteroatoms. The van der Waals surface area contributed by atoms with Crippen LogP contribution in [-0.4, -0.2) is 13.1 Å². The van der Waals surface area contributed by atoms with E-state index >= 15 is 0 Å². The fourth-order valence-electron chi connectivity index (χ4n) is 2.47. The molecule has 0 aromatic heterocycles. The average Bonchev–Trinajstić information content (AvgIpc) is 2.28. The first-order valence-electron chi connectivity index (χ1n) is 5.51. The maximum Gasteiger partial charge on any atom is 0.119 e. The first-order valence-corrected chi connectivity index (χ1v) is 5.51. The highest BCUT2D eigenvalue weighted by Crippen LogP contribution is 2.37. The Morgan fingerprint density at radius 1 is 1.50 bits per heavy atom. The average molecular weight is 219 g/mol. The van der Waals surface area contributed by atoms with Gasteiger partial charge in [0.05, 0.1) is 7.11 Å². The molecule has 0 bridgehead atoms. The van der Waals surface area contributed by atoms with Crippen molar-refractivity contribution in [3.63, 3.8) is 0 Å². The molecule has 1 aliphatic rings. The number of aliphatic carboxylic acids is 1. The maximum absolute atomic E-state index is 11.0. The smallest absolute Gasteiger partial charge is 0.119 e. The number of fused-ring (bicyclic) bond motifs is 1. The Bertz CT molecular complexity index is 412. The monoisotopic (exact) mass is 219 g/mol. The van der Waals surface area contributed by atoms with Crippen LogP contribution >= 0.6 is 0 Å². The summed E-state index contributed by atoms with van der Waals surface area (Å²) in [5.41, 5.74) is 2.31. The number of methoxy groups -OCH3 is 1. The van der Waals surface area contributed by atoms with Crippen LogP contribution in [0.2, 0.25) is 0 Å². The van der Waals surface area contributed by atoms with Crippen molar-refractivity contribution in [3.8, 4) is 5.75 Å². The summed E-state index contributed by atoms with van der Waals surface area (Å²) in [6.07, 6.45) is 1.44. The van der Waals surface area contributed by atoms with Crippen molar-refractivity contribution >= 4 is 5.97 Å². The number of carbonyl (C=O) groups is 1. The summed E-state index contributed by atoms with van der Waals surface area (Å²) in [6.45, 7) is 1.95. The van der Waals surface area contributed by atoms with Crippen LogP contribution in [0.25, 0.3) is 0 Å². The Morgan fingerprint density at radius 2 is 2.25 bits per heavy atom. The molecule has 1 aromatic rings. The van der Waals surface area contributed by atoms with E-state index in [-0.39, 0.29) is 11.8 Å². The molecule has 0 saturated carbocycles. The van der Waals surface area contributed by atoms with E-state index in [1.165, 1.54) is 5.56 Å². The van der Waals surface area contributed by atoms with Crippen LogP contribution in [-0.2, 0) is 11.2 Å². The normalized spacial score (nSPS) is 23.6. The third-order valence-electron chi connectivity index (χ3n) is 3.47. The van der Waals surface area contributed by atoms with Gasteiger partial charge in [-0.25, -0.2) is 0 Å². The second-order valence-electron chi connectivity index (χ2n) is 4.32. The molecule has 0 saturated heterocycles. The molecule has 3 nitrogen and oxygen atoms in total. The molecule has 2 rings (SSSR count). The zero-order valence-electron chi connectivity index (χ0n) is 9.53. The van der Waals surface area contributed by atoms with Crippen molar-refractivity contribution in [2.75, 3.05) is 7.11 Å². The second kappa shape index (κ2) is 4.16. The van der Waals surface area contributed by atoms with Gasteiger partial charge < -0.3 is 14.6 Å². The first-order chi connectivity index (χ1) is 7.63. The van der Waals surface area contributed by atoms with Crippen LogP contribution in [0.5, 0.6) is 5.75 Å². The van der Waals surface area contributed by atoms with E-state index in [2.05, 4.69) is 0 Å². The van der Waals surface area contributed by atoms with Crippen LogP contribution < -0.4 is 9.84 Å². The third-order valence-corrected chi connectivity index (χ3v) is 3.47. The van der Waals surface area contributed by atoms with Gasteiger partial charge in [-0.2, -0.15) is 0 Å². The molecule has 0 unspecified atom stereocenters. The van der Waals surface area contributed by atoms with Crippen molar-refractivity contribution in [1.29, 1.82) is 0 Å². The standard InChI is InChI=1S/C13H16O3/c1-8-11-6-4-10(16-2)7-9(11)3-5-12(8)13(14)15/h4,6-8,12H,3,5H2,1-2H3,(H,14,15)/p-1/t8-,12+/m0/s1. The largest absolute Gasteiger partial charge is 0.550 e. The highest BCUT2D eigenvalue weighted by Gasteiger charge is 2.27. The van der Waals surface area contributed by atoms with Gasteiger partial charge in [0.1, 0.15) is 5.75 Å². The van der Waals surface area contributed by atoms with E-state index in [4.69, 9.17) is 4.74 Å². The zero-order chi connectivity index (χ0) is 11.7. The molecule has 86 valence electrons. The summed E-state index contributed by atoms with van der Waals surface area (Å²) < 4.78 is 5.16. The number of aryl methyl sites for hydroxylation is 1. The number of benzene rings is 1. The minimum absolute atomic E-state index is 0.0275. The first kappa shape index (κ1) is 11.0. The van der Waals surface area contributed by atoms with Gasteiger partial charge in [-0.3, -0.25) is 0 Å². The van der Waals surface area contributed by atoms with E-state index in [1.807, 2.05) is 25.1 Å². The summed E-state index contributed by atoms with van der Waals surface area (Å²) in [4.78, 5) is 11.0. The molecule has 2 atom stereocenters. The number of rotatable bonds is 2. The second-order valence-corrected chi connectivity index (χ2v) is 4.32. The van der Waals surface area contributed by atoms with Crippen LogP contribution in [0.4, 0.5) is 0 Å². The molecule has 0 spiro atoms. The highest BCUT2D eigenvalue weighted by molar-refractivity contribution is 5.70. The van der Waals surface area contributed by atoms with Crippen molar-refractivity contribution in [2.24, 2.45) is 5.92 Å². The predicted octanol–water partition coefficient (Wildman–Crippen LogP) is 1.11. The minimum atomic E-state index is -0.936. The third kappa shape index (κ3) is 1.77. The Hall–Kier alpha value is -1.51. The van der Waals surface area contributed by atoms with Gasteiger partial charge >= 0.3 is 0 Å². The lowest BCUT2D eigenvalue weighted by Crippen LogP contribution is -2.36. The molecule has 16 heavy (non-hydrogen) atoms. The zero-order valence-corrected chi connectivity index (χ0v) is 9.53. The highest BCUT2D eigenvalue weighted by atomic mass is 16.5. The summed E-state index contributed by atoms with van der Waals surface area (Å²) in [6, 6.07) is 5.85. The fourth-order valence-corrected chi connectivity index (χ4v) is 2.47. The Balaban J connectivity index is 2.35. The number of carboxylic acid groups (broad SMARTS) is 1. The van der Waals surface area contributed by atoms with E-state index < -0.39 is 5.97 Å². The number of carbonyl (C=O) groups excluding carboxylic acids is 1. The van der Waals surface area contributed by atoms with Crippen molar-refractivity contribution in [1.82, 2.24) is 0 Å². The number of hydrogen-bond acceptors (Lipinski definition) is 3. The number of ether oxygens (including phenoxy) is 1.